The standard InChI is InChI=1S/C11H20N2O4/c12-10(15)5-8-1-3-13(4-2-8)7-9(14)6-11(16)17/h8-9,14H,1-7H2,(H2,12,15)(H,16,17). The first-order chi connectivity index (χ1) is 7.97. The maximum absolute atomic E-state index is 10.8. The van der Waals surface area contributed by atoms with Crippen LogP contribution >= 0.6 is 0 Å². The van der Waals surface area contributed by atoms with Crippen molar-refractivity contribution in [3.8, 4) is 0 Å². The number of amides is 1. The molecule has 1 amide bonds. The average molecular weight is 244 g/mol. The molecule has 1 saturated heterocycles. The topological polar surface area (TPSA) is 104 Å². The predicted octanol–water partition coefficient (Wildman–Crippen LogP) is -0.591. The number of aliphatic hydroxyl groups excluding tert-OH is 1. The second-order valence-electron chi connectivity index (χ2n) is 4.67. The summed E-state index contributed by atoms with van der Waals surface area (Å²) >= 11 is 0. The van der Waals surface area contributed by atoms with Crippen LogP contribution in [0.25, 0.3) is 0 Å². The van der Waals surface area contributed by atoms with Crippen molar-refractivity contribution < 1.29 is 19.8 Å². The lowest BCUT2D eigenvalue weighted by molar-refractivity contribution is -0.139. The number of hydrogen-bond donors (Lipinski definition) is 3. The highest BCUT2D eigenvalue weighted by atomic mass is 16.4. The normalized spacial score (nSPS) is 20.1. The van der Waals surface area contributed by atoms with E-state index < -0.39 is 12.1 Å². The Balaban J connectivity index is 2.22. The van der Waals surface area contributed by atoms with Gasteiger partial charge >= 0.3 is 5.97 Å². The molecule has 0 aliphatic carbocycles. The SMILES string of the molecule is NC(=O)CC1CCN(CC(O)CC(=O)O)CC1. The van der Waals surface area contributed by atoms with Crippen molar-refractivity contribution in [1.29, 1.82) is 0 Å². The zero-order valence-corrected chi connectivity index (χ0v) is 9.84. The predicted molar refractivity (Wildman–Crippen MR) is 61.2 cm³/mol. The first-order valence-corrected chi connectivity index (χ1v) is 5.88. The second kappa shape index (κ2) is 6.56. The first kappa shape index (κ1) is 13.9. The molecule has 1 heterocycles. The van der Waals surface area contributed by atoms with E-state index in [4.69, 9.17) is 10.8 Å². The van der Waals surface area contributed by atoms with Crippen LogP contribution in [-0.2, 0) is 9.59 Å². The van der Waals surface area contributed by atoms with E-state index in [2.05, 4.69) is 0 Å². The van der Waals surface area contributed by atoms with Crippen molar-refractivity contribution in [2.24, 2.45) is 11.7 Å². The molecular weight excluding hydrogens is 224 g/mol. The molecule has 1 fully saturated rings. The number of likely N-dealkylation sites (tertiary alicyclic amines) is 1. The van der Waals surface area contributed by atoms with Gasteiger partial charge in [-0.2, -0.15) is 0 Å². The minimum absolute atomic E-state index is 0.221. The fourth-order valence-electron chi connectivity index (χ4n) is 2.22. The van der Waals surface area contributed by atoms with Gasteiger partial charge in [-0.25, -0.2) is 0 Å². The quantitative estimate of drug-likeness (QED) is 0.579. The molecule has 4 N–H and O–H groups in total. The highest BCUT2D eigenvalue weighted by molar-refractivity contribution is 5.74. The van der Waals surface area contributed by atoms with E-state index in [9.17, 15) is 14.7 Å². The van der Waals surface area contributed by atoms with Crippen LogP contribution in [0.15, 0.2) is 0 Å². The Morgan fingerprint density at radius 1 is 1.35 bits per heavy atom. The third-order valence-electron chi connectivity index (χ3n) is 3.08. The van der Waals surface area contributed by atoms with Gasteiger partial charge in [0, 0.05) is 13.0 Å². The maximum atomic E-state index is 10.8. The van der Waals surface area contributed by atoms with Crippen LogP contribution in [0, 0.1) is 5.92 Å². The molecule has 0 saturated carbocycles. The number of aliphatic hydroxyl groups is 1. The molecule has 1 rings (SSSR count). The fraction of sp³-hybridized carbons (Fsp3) is 0.818. The van der Waals surface area contributed by atoms with Gasteiger partial charge in [0.2, 0.25) is 5.91 Å². The minimum atomic E-state index is -0.985. The molecular formula is C11H20N2O4. The van der Waals surface area contributed by atoms with Gasteiger partial charge in [0.15, 0.2) is 0 Å². The van der Waals surface area contributed by atoms with Crippen molar-refractivity contribution in [2.45, 2.75) is 31.8 Å². The van der Waals surface area contributed by atoms with Crippen molar-refractivity contribution in [1.82, 2.24) is 4.90 Å². The van der Waals surface area contributed by atoms with Crippen molar-refractivity contribution >= 4 is 11.9 Å². The summed E-state index contributed by atoms with van der Waals surface area (Å²) in [5.74, 6) is -0.921. The number of primary amides is 1. The molecule has 0 radical (unpaired) electrons. The fourth-order valence-corrected chi connectivity index (χ4v) is 2.22. The Morgan fingerprint density at radius 3 is 2.41 bits per heavy atom. The number of carboxylic acid groups (broad SMARTS) is 1. The number of β-amino-alcohol motifs (C(OH)–C–C–N with tert-alkyl or cyclic N) is 1. The van der Waals surface area contributed by atoms with Crippen LogP contribution in [0.5, 0.6) is 0 Å². The number of hydrogen-bond acceptors (Lipinski definition) is 4. The summed E-state index contributed by atoms with van der Waals surface area (Å²) in [6.45, 7) is 1.96. The average Bonchev–Trinajstić information content (AvgIpc) is 2.18. The summed E-state index contributed by atoms with van der Waals surface area (Å²) in [6, 6.07) is 0. The molecule has 1 atom stereocenters. The van der Waals surface area contributed by atoms with Crippen molar-refractivity contribution in [3.63, 3.8) is 0 Å². The van der Waals surface area contributed by atoms with Crippen LogP contribution < -0.4 is 5.73 Å². The summed E-state index contributed by atoms with van der Waals surface area (Å²) in [7, 11) is 0. The molecule has 0 aromatic rings. The molecule has 1 aliphatic rings. The molecule has 0 aromatic carbocycles. The van der Waals surface area contributed by atoms with E-state index >= 15 is 0 Å². The summed E-state index contributed by atoms with van der Waals surface area (Å²) in [4.78, 5) is 23.2. The molecule has 1 unspecified atom stereocenters. The van der Waals surface area contributed by atoms with Gasteiger partial charge in [-0.1, -0.05) is 0 Å². The number of carbonyl (C=O) groups is 2. The Bertz CT molecular complexity index is 275. The Hall–Kier alpha value is -1.14. The number of aliphatic carboxylic acids is 1. The van der Waals surface area contributed by atoms with Crippen LogP contribution in [0.4, 0.5) is 0 Å². The lowest BCUT2D eigenvalue weighted by Gasteiger charge is -2.32. The smallest absolute Gasteiger partial charge is 0.306 e. The Kier molecular flexibility index (Phi) is 5.37. The third-order valence-corrected chi connectivity index (χ3v) is 3.08. The first-order valence-electron chi connectivity index (χ1n) is 5.88. The van der Waals surface area contributed by atoms with Crippen LogP contribution in [0.1, 0.15) is 25.7 Å². The highest BCUT2D eigenvalue weighted by Crippen LogP contribution is 2.20. The van der Waals surface area contributed by atoms with Crippen molar-refractivity contribution in [3.05, 3.63) is 0 Å². The number of carbonyl (C=O) groups excluding carboxylic acids is 1. The molecule has 98 valence electrons. The number of piperidine rings is 1. The van der Waals surface area contributed by atoms with Gasteiger partial charge in [0.25, 0.3) is 0 Å². The number of carboxylic acids is 1. The summed E-state index contributed by atoms with van der Waals surface area (Å²) < 4.78 is 0. The zero-order valence-electron chi connectivity index (χ0n) is 9.84. The molecule has 0 aromatic heterocycles. The lowest BCUT2D eigenvalue weighted by Crippen LogP contribution is -2.40. The highest BCUT2D eigenvalue weighted by Gasteiger charge is 2.22. The summed E-state index contributed by atoms with van der Waals surface area (Å²) in [5, 5.41) is 18.0. The van der Waals surface area contributed by atoms with Gasteiger partial charge in [-0.05, 0) is 31.8 Å². The van der Waals surface area contributed by atoms with Gasteiger partial charge in [0.05, 0.1) is 12.5 Å². The summed E-state index contributed by atoms with van der Waals surface area (Å²) in [5.41, 5.74) is 5.14. The monoisotopic (exact) mass is 244 g/mol. The molecule has 1 aliphatic heterocycles. The number of nitrogens with two attached hydrogens (primary N) is 1. The maximum Gasteiger partial charge on any atom is 0.306 e. The van der Waals surface area contributed by atoms with E-state index in [1.165, 1.54) is 0 Å². The zero-order chi connectivity index (χ0) is 12.8. The summed E-state index contributed by atoms with van der Waals surface area (Å²) in [6.07, 6.45) is 1.14. The van der Waals surface area contributed by atoms with Crippen LogP contribution in [0.2, 0.25) is 0 Å². The number of rotatable bonds is 6. The molecule has 17 heavy (non-hydrogen) atoms. The lowest BCUT2D eigenvalue weighted by atomic mass is 9.93. The minimum Gasteiger partial charge on any atom is -0.481 e. The van der Waals surface area contributed by atoms with E-state index in [1.54, 1.807) is 0 Å². The largest absolute Gasteiger partial charge is 0.481 e. The molecule has 0 spiro atoms. The van der Waals surface area contributed by atoms with Crippen molar-refractivity contribution in [2.75, 3.05) is 19.6 Å². The van der Waals surface area contributed by atoms with E-state index in [0.717, 1.165) is 25.9 Å². The molecule has 6 nitrogen and oxygen atoms in total. The Morgan fingerprint density at radius 2 is 1.94 bits per heavy atom. The second-order valence-corrected chi connectivity index (χ2v) is 4.67. The van der Waals surface area contributed by atoms with Gasteiger partial charge < -0.3 is 20.8 Å². The molecule has 6 heteroatoms. The Labute approximate surface area is 100 Å². The van der Waals surface area contributed by atoms with Crippen LogP contribution in [0.3, 0.4) is 0 Å². The van der Waals surface area contributed by atoms with E-state index in [1.807, 2.05) is 4.90 Å². The van der Waals surface area contributed by atoms with E-state index in [-0.39, 0.29) is 12.3 Å². The molecule has 0 bridgehead atoms. The van der Waals surface area contributed by atoms with Gasteiger partial charge in [-0.3, -0.25) is 9.59 Å². The van der Waals surface area contributed by atoms with Gasteiger partial charge in [0.1, 0.15) is 0 Å². The van der Waals surface area contributed by atoms with Crippen LogP contribution in [-0.4, -0.2) is 52.7 Å². The third kappa shape index (κ3) is 5.65. The van der Waals surface area contributed by atoms with Gasteiger partial charge in [-0.15, -0.1) is 0 Å². The number of nitrogens with zero attached hydrogens (tertiary/aromatic N) is 1. The van der Waals surface area contributed by atoms with E-state index in [0.29, 0.717) is 18.9 Å².